The van der Waals surface area contributed by atoms with Crippen molar-refractivity contribution >= 4 is 15.9 Å². The van der Waals surface area contributed by atoms with Crippen molar-refractivity contribution in [3.63, 3.8) is 0 Å². The third-order valence-electron chi connectivity index (χ3n) is 4.43. The Morgan fingerprint density at radius 3 is 1.93 bits per heavy atom. The number of hydrogen-bond acceptors (Lipinski definition) is 3. The Morgan fingerprint density at radius 2 is 1.44 bits per heavy atom. The molecule has 2 unspecified atom stereocenters. The van der Waals surface area contributed by atoms with E-state index in [-0.39, 0.29) is 28.4 Å². The average Bonchev–Trinajstić information content (AvgIpc) is 2.59. The molecule has 6 heteroatoms. The molecule has 2 atom stereocenters. The predicted octanol–water partition coefficient (Wildman–Crippen LogP) is 4.24. The van der Waals surface area contributed by atoms with E-state index in [9.17, 15) is 13.2 Å². The van der Waals surface area contributed by atoms with Crippen LogP contribution < -0.4 is 10.6 Å². The van der Waals surface area contributed by atoms with Crippen LogP contribution in [0.15, 0.2) is 59.5 Å². The second-order valence-corrected chi connectivity index (χ2v) is 9.91. The van der Waals surface area contributed by atoms with Gasteiger partial charge in [0.05, 0.1) is 17.0 Å². The minimum atomic E-state index is -3.23. The number of rotatable bonds is 5. The molecule has 0 aliphatic heterocycles. The molecular weight excluding hydrogens is 360 g/mol. The molecule has 0 heterocycles. The van der Waals surface area contributed by atoms with Gasteiger partial charge in [-0.2, -0.15) is 0 Å². The fraction of sp³-hybridized carbons (Fsp3) is 0.381. The van der Waals surface area contributed by atoms with Gasteiger partial charge < -0.3 is 10.6 Å². The van der Waals surface area contributed by atoms with Crippen LogP contribution in [0.2, 0.25) is 0 Å². The zero-order valence-corrected chi connectivity index (χ0v) is 17.3. The number of amides is 2. The van der Waals surface area contributed by atoms with Gasteiger partial charge in [-0.25, -0.2) is 13.2 Å². The summed E-state index contributed by atoms with van der Waals surface area (Å²) in [4.78, 5) is 12.8. The number of carbonyl (C=O) groups is 1. The molecule has 2 aromatic carbocycles. The van der Waals surface area contributed by atoms with E-state index >= 15 is 0 Å². The minimum Gasteiger partial charge on any atom is -0.332 e. The van der Waals surface area contributed by atoms with E-state index in [0.29, 0.717) is 0 Å². The topological polar surface area (TPSA) is 75.3 Å². The summed E-state index contributed by atoms with van der Waals surface area (Å²) in [5, 5.41) is 5.99. The van der Waals surface area contributed by atoms with Crippen molar-refractivity contribution in [1.29, 1.82) is 0 Å². The second-order valence-electron chi connectivity index (χ2n) is 7.89. The van der Waals surface area contributed by atoms with Gasteiger partial charge in [-0.15, -0.1) is 0 Å². The largest absolute Gasteiger partial charge is 0.332 e. The summed E-state index contributed by atoms with van der Waals surface area (Å²) < 4.78 is 23.1. The lowest BCUT2D eigenvalue weighted by Crippen LogP contribution is -2.43. The Kier molecular flexibility index (Phi) is 6.31. The molecule has 146 valence electrons. The number of hydrogen-bond donors (Lipinski definition) is 2. The number of urea groups is 1. The maximum absolute atomic E-state index is 12.6. The van der Waals surface area contributed by atoms with Gasteiger partial charge in [0, 0.05) is 6.26 Å². The Balaban J connectivity index is 2.09. The lowest BCUT2D eigenvalue weighted by molar-refractivity contribution is 0.216. The molecular formula is C21H28N2O3S. The van der Waals surface area contributed by atoms with E-state index < -0.39 is 9.84 Å². The van der Waals surface area contributed by atoms with Crippen molar-refractivity contribution in [3.8, 4) is 0 Å². The minimum absolute atomic E-state index is 0.140. The molecule has 0 radical (unpaired) electrons. The van der Waals surface area contributed by atoms with Gasteiger partial charge in [-0.3, -0.25) is 0 Å². The van der Waals surface area contributed by atoms with E-state index in [0.717, 1.165) is 11.1 Å². The van der Waals surface area contributed by atoms with Gasteiger partial charge in [0.25, 0.3) is 0 Å². The molecule has 0 bridgehead atoms. The van der Waals surface area contributed by atoms with Gasteiger partial charge in [-0.05, 0) is 35.6 Å². The predicted molar refractivity (Wildman–Crippen MR) is 108 cm³/mol. The third kappa shape index (κ3) is 5.82. The van der Waals surface area contributed by atoms with Crippen LogP contribution in [0.25, 0.3) is 0 Å². The lowest BCUT2D eigenvalue weighted by Gasteiger charge is -2.32. The maximum Gasteiger partial charge on any atom is 0.315 e. The van der Waals surface area contributed by atoms with Crippen LogP contribution in [0.3, 0.4) is 0 Å². The van der Waals surface area contributed by atoms with E-state index in [1.807, 2.05) is 37.3 Å². The van der Waals surface area contributed by atoms with Crippen molar-refractivity contribution in [2.75, 3.05) is 6.26 Å². The summed E-state index contributed by atoms with van der Waals surface area (Å²) in [6.07, 6.45) is 1.17. The first kappa shape index (κ1) is 21.0. The van der Waals surface area contributed by atoms with Crippen LogP contribution in [0.4, 0.5) is 4.79 Å². The molecule has 0 aliphatic carbocycles. The summed E-state index contributed by atoms with van der Waals surface area (Å²) in [6.45, 7) is 8.11. The Labute approximate surface area is 162 Å². The van der Waals surface area contributed by atoms with Crippen LogP contribution >= 0.6 is 0 Å². The van der Waals surface area contributed by atoms with Crippen LogP contribution in [0, 0.1) is 5.41 Å². The average molecular weight is 389 g/mol. The standard InChI is InChI=1S/C21H28N2O3S/c1-15(16-11-13-18(14-12-16)27(5,25)26)22-20(24)23-19(21(2,3)4)17-9-7-6-8-10-17/h6-15,19H,1-5H3,(H2,22,23,24). The monoisotopic (exact) mass is 388 g/mol. The number of carbonyl (C=O) groups excluding carboxylic acids is 1. The quantitative estimate of drug-likeness (QED) is 0.804. The molecule has 0 saturated carbocycles. The zero-order chi connectivity index (χ0) is 20.2. The van der Waals surface area contributed by atoms with E-state index in [1.54, 1.807) is 24.3 Å². The number of sulfone groups is 1. The Bertz CT molecular complexity index is 870. The molecule has 0 aliphatic rings. The second kappa shape index (κ2) is 8.13. The van der Waals surface area contributed by atoms with Crippen LogP contribution in [0.5, 0.6) is 0 Å². The SMILES string of the molecule is CC(NC(=O)NC(c1ccccc1)C(C)(C)C)c1ccc(S(C)(=O)=O)cc1. The van der Waals surface area contributed by atoms with Gasteiger partial charge in [-0.1, -0.05) is 63.2 Å². The molecule has 0 saturated heterocycles. The highest BCUT2D eigenvalue weighted by molar-refractivity contribution is 7.90. The molecule has 2 rings (SSSR count). The highest BCUT2D eigenvalue weighted by Crippen LogP contribution is 2.32. The Morgan fingerprint density at radius 1 is 0.889 bits per heavy atom. The first-order valence-corrected chi connectivity index (χ1v) is 10.8. The normalized spacial score (nSPS) is 14.3. The Hall–Kier alpha value is -2.34. The summed E-state index contributed by atoms with van der Waals surface area (Å²) in [5.74, 6) is 0. The van der Waals surface area contributed by atoms with Crippen molar-refractivity contribution < 1.29 is 13.2 Å². The highest BCUT2D eigenvalue weighted by atomic mass is 32.2. The summed E-state index contributed by atoms with van der Waals surface area (Å²) in [5.41, 5.74) is 1.73. The fourth-order valence-corrected chi connectivity index (χ4v) is 3.53. The third-order valence-corrected chi connectivity index (χ3v) is 5.56. The van der Waals surface area contributed by atoms with Gasteiger partial charge in [0.15, 0.2) is 9.84 Å². The number of nitrogens with one attached hydrogen (secondary N) is 2. The van der Waals surface area contributed by atoms with Crippen LogP contribution in [-0.4, -0.2) is 20.7 Å². The van der Waals surface area contributed by atoms with Crippen molar-refractivity contribution in [3.05, 3.63) is 65.7 Å². The van der Waals surface area contributed by atoms with Crippen LogP contribution in [0.1, 0.15) is 50.9 Å². The maximum atomic E-state index is 12.6. The van der Waals surface area contributed by atoms with Crippen LogP contribution in [-0.2, 0) is 9.84 Å². The van der Waals surface area contributed by atoms with Crippen molar-refractivity contribution in [1.82, 2.24) is 10.6 Å². The van der Waals surface area contributed by atoms with E-state index in [1.165, 1.54) is 6.26 Å². The lowest BCUT2D eigenvalue weighted by atomic mass is 9.82. The van der Waals surface area contributed by atoms with Gasteiger partial charge in [0.1, 0.15) is 0 Å². The molecule has 0 spiro atoms. The molecule has 0 aromatic heterocycles. The molecule has 2 amide bonds. The number of benzene rings is 2. The summed E-state index contributed by atoms with van der Waals surface area (Å²) >= 11 is 0. The highest BCUT2D eigenvalue weighted by Gasteiger charge is 2.28. The molecule has 5 nitrogen and oxygen atoms in total. The summed E-state index contributed by atoms with van der Waals surface area (Å²) in [6, 6.07) is 15.8. The fourth-order valence-electron chi connectivity index (χ4n) is 2.90. The van der Waals surface area contributed by atoms with Gasteiger partial charge in [0.2, 0.25) is 0 Å². The smallest absolute Gasteiger partial charge is 0.315 e. The molecule has 0 fully saturated rings. The van der Waals surface area contributed by atoms with Crippen molar-refractivity contribution in [2.45, 2.75) is 44.7 Å². The van der Waals surface area contributed by atoms with Gasteiger partial charge >= 0.3 is 6.03 Å². The molecule has 2 N–H and O–H groups in total. The van der Waals surface area contributed by atoms with Crippen molar-refractivity contribution in [2.24, 2.45) is 5.41 Å². The molecule has 27 heavy (non-hydrogen) atoms. The first-order valence-electron chi connectivity index (χ1n) is 8.90. The summed E-state index contributed by atoms with van der Waals surface area (Å²) in [7, 11) is -3.23. The first-order chi connectivity index (χ1) is 12.5. The zero-order valence-electron chi connectivity index (χ0n) is 16.5. The van der Waals surface area contributed by atoms with E-state index in [4.69, 9.17) is 0 Å². The van der Waals surface area contributed by atoms with E-state index in [2.05, 4.69) is 31.4 Å². The molecule has 2 aromatic rings.